The van der Waals surface area contributed by atoms with E-state index >= 15 is 0 Å². The molecule has 2 amide bonds. The molecule has 2 fully saturated rings. The molecule has 0 N–H and O–H groups in total. The first-order valence-corrected chi connectivity index (χ1v) is 9.52. The zero-order valence-electron chi connectivity index (χ0n) is 16.4. The Bertz CT molecular complexity index is 678. The van der Waals surface area contributed by atoms with Crippen molar-refractivity contribution in [2.24, 2.45) is 5.92 Å². The van der Waals surface area contributed by atoms with Crippen molar-refractivity contribution >= 4 is 11.8 Å². The standard InChI is InChI=1S/C20H29N3O4/c1-21-10-12-23(13-11-21)19(24)15-6-8-22(9-7-15)20(25)16-4-5-17(26-2)18(14-16)27-3/h4-5,14-15H,6-13H2,1-3H3. The molecule has 7 nitrogen and oxygen atoms in total. The Morgan fingerprint density at radius 3 is 2.11 bits per heavy atom. The second-order valence-corrected chi connectivity index (χ2v) is 7.26. The highest BCUT2D eigenvalue weighted by atomic mass is 16.5. The smallest absolute Gasteiger partial charge is 0.253 e. The van der Waals surface area contributed by atoms with Gasteiger partial charge in [0.2, 0.25) is 5.91 Å². The number of hydrogen-bond acceptors (Lipinski definition) is 5. The summed E-state index contributed by atoms with van der Waals surface area (Å²) in [7, 11) is 5.21. The molecule has 7 heteroatoms. The Labute approximate surface area is 160 Å². The Morgan fingerprint density at radius 2 is 1.52 bits per heavy atom. The van der Waals surface area contributed by atoms with Gasteiger partial charge in [-0.1, -0.05) is 0 Å². The van der Waals surface area contributed by atoms with Gasteiger partial charge in [0.15, 0.2) is 11.5 Å². The van der Waals surface area contributed by atoms with E-state index in [0.29, 0.717) is 30.2 Å². The number of amides is 2. The molecule has 0 atom stereocenters. The maximum atomic E-state index is 12.8. The fraction of sp³-hybridized carbons (Fsp3) is 0.600. The summed E-state index contributed by atoms with van der Waals surface area (Å²) in [4.78, 5) is 31.6. The second kappa shape index (κ2) is 8.61. The average Bonchev–Trinajstić information content (AvgIpc) is 2.72. The molecular weight excluding hydrogens is 346 g/mol. The number of carbonyl (C=O) groups is 2. The number of carbonyl (C=O) groups excluding carboxylic acids is 2. The molecule has 27 heavy (non-hydrogen) atoms. The third-order valence-electron chi connectivity index (χ3n) is 5.58. The molecule has 0 radical (unpaired) electrons. The van der Waals surface area contributed by atoms with Gasteiger partial charge in [-0.05, 0) is 38.1 Å². The van der Waals surface area contributed by atoms with Crippen molar-refractivity contribution in [1.29, 1.82) is 0 Å². The van der Waals surface area contributed by atoms with Crippen molar-refractivity contribution < 1.29 is 19.1 Å². The molecule has 0 spiro atoms. The number of rotatable bonds is 4. The fourth-order valence-electron chi connectivity index (χ4n) is 3.77. The van der Waals surface area contributed by atoms with Gasteiger partial charge in [-0.3, -0.25) is 9.59 Å². The zero-order valence-corrected chi connectivity index (χ0v) is 16.4. The average molecular weight is 375 g/mol. The first-order valence-electron chi connectivity index (χ1n) is 9.52. The summed E-state index contributed by atoms with van der Waals surface area (Å²) in [5.74, 6) is 1.40. The van der Waals surface area contributed by atoms with Crippen LogP contribution in [0.15, 0.2) is 18.2 Å². The van der Waals surface area contributed by atoms with Gasteiger partial charge < -0.3 is 24.2 Å². The van der Waals surface area contributed by atoms with Crippen LogP contribution >= 0.6 is 0 Å². The van der Waals surface area contributed by atoms with Crippen LogP contribution in [0.5, 0.6) is 11.5 Å². The largest absolute Gasteiger partial charge is 0.493 e. The molecule has 2 saturated heterocycles. The zero-order chi connectivity index (χ0) is 19.4. The molecule has 2 aliphatic heterocycles. The van der Waals surface area contributed by atoms with E-state index < -0.39 is 0 Å². The van der Waals surface area contributed by atoms with E-state index in [-0.39, 0.29) is 17.7 Å². The third kappa shape index (κ3) is 4.35. The number of likely N-dealkylation sites (tertiary alicyclic amines) is 1. The van der Waals surface area contributed by atoms with Crippen LogP contribution in [0.1, 0.15) is 23.2 Å². The van der Waals surface area contributed by atoms with Crippen molar-refractivity contribution in [2.45, 2.75) is 12.8 Å². The van der Waals surface area contributed by atoms with Gasteiger partial charge in [-0.25, -0.2) is 0 Å². The molecule has 0 bridgehead atoms. The SMILES string of the molecule is COc1ccc(C(=O)N2CCC(C(=O)N3CCN(C)CC3)CC2)cc1OC. The van der Waals surface area contributed by atoms with Crippen LogP contribution in [0.25, 0.3) is 0 Å². The van der Waals surface area contributed by atoms with Crippen LogP contribution in [0.4, 0.5) is 0 Å². The predicted molar refractivity (Wildman–Crippen MR) is 102 cm³/mol. The van der Waals surface area contributed by atoms with Crippen molar-refractivity contribution in [3.8, 4) is 11.5 Å². The van der Waals surface area contributed by atoms with Crippen LogP contribution in [0.3, 0.4) is 0 Å². The number of likely N-dealkylation sites (N-methyl/N-ethyl adjacent to an activating group) is 1. The maximum Gasteiger partial charge on any atom is 0.253 e. The molecule has 0 unspecified atom stereocenters. The van der Waals surface area contributed by atoms with E-state index in [1.807, 2.05) is 9.80 Å². The van der Waals surface area contributed by atoms with Crippen LogP contribution in [0.2, 0.25) is 0 Å². The van der Waals surface area contributed by atoms with Crippen LogP contribution < -0.4 is 9.47 Å². The van der Waals surface area contributed by atoms with E-state index in [2.05, 4.69) is 11.9 Å². The van der Waals surface area contributed by atoms with E-state index in [0.717, 1.165) is 39.0 Å². The lowest BCUT2D eigenvalue weighted by atomic mass is 9.94. The molecule has 0 aromatic heterocycles. The van der Waals surface area contributed by atoms with Crippen LogP contribution in [0, 0.1) is 5.92 Å². The molecule has 2 aliphatic rings. The molecule has 0 saturated carbocycles. The summed E-state index contributed by atoms with van der Waals surface area (Å²) in [5, 5.41) is 0. The summed E-state index contributed by atoms with van der Waals surface area (Å²) in [6, 6.07) is 5.21. The third-order valence-corrected chi connectivity index (χ3v) is 5.58. The normalized spacial score (nSPS) is 19.1. The number of nitrogens with zero attached hydrogens (tertiary/aromatic N) is 3. The predicted octanol–water partition coefficient (Wildman–Crippen LogP) is 1.33. The monoisotopic (exact) mass is 375 g/mol. The first kappa shape index (κ1) is 19.5. The molecule has 1 aromatic rings. The molecule has 1 aromatic carbocycles. The van der Waals surface area contributed by atoms with Gasteiger partial charge in [0.05, 0.1) is 14.2 Å². The van der Waals surface area contributed by atoms with Crippen molar-refractivity contribution in [2.75, 3.05) is 60.5 Å². The summed E-state index contributed by atoms with van der Waals surface area (Å²) < 4.78 is 10.5. The minimum absolute atomic E-state index is 0.0264. The lowest BCUT2D eigenvalue weighted by Crippen LogP contribution is -2.51. The minimum atomic E-state index is -0.0264. The van der Waals surface area contributed by atoms with Crippen molar-refractivity contribution in [1.82, 2.24) is 14.7 Å². The maximum absolute atomic E-state index is 12.8. The highest BCUT2D eigenvalue weighted by Gasteiger charge is 2.31. The van der Waals surface area contributed by atoms with E-state index in [9.17, 15) is 9.59 Å². The highest BCUT2D eigenvalue weighted by Crippen LogP contribution is 2.29. The lowest BCUT2D eigenvalue weighted by molar-refractivity contribution is -0.138. The number of methoxy groups -OCH3 is 2. The Hall–Kier alpha value is -2.28. The summed E-state index contributed by atoms with van der Waals surface area (Å²) in [6.45, 7) is 4.69. The Balaban J connectivity index is 1.57. The Kier molecular flexibility index (Phi) is 6.21. The first-order chi connectivity index (χ1) is 13.0. The van der Waals surface area contributed by atoms with Gasteiger partial charge in [0.1, 0.15) is 0 Å². The number of piperazine rings is 1. The lowest BCUT2D eigenvalue weighted by Gasteiger charge is -2.37. The number of benzene rings is 1. The molecule has 0 aliphatic carbocycles. The van der Waals surface area contributed by atoms with Crippen molar-refractivity contribution in [3.63, 3.8) is 0 Å². The topological polar surface area (TPSA) is 62.3 Å². The molecule has 3 rings (SSSR count). The fourth-order valence-corrected chi connectivity index (χ4v) is 3.77. The van der Waals surface area contributed by atoms with E-state index in [4.69, 9.17) is 9.47 Å². The number of hydrogen-bond donors (Lipinski definition) is 0. The van der Waals surface area contributed by atoms with Crippen molar-refractivity contribution in [3.05, 3.63) is 23.8 Å². The summed E-state index contributed by atoms with van der Waals surface area (Å²) >= 11 is 0. The van der Waals surface area contributed by atoms with Crippen LogP contribution in [-0.4, -0.2) is 87.0 Å². The van der Waals surface area contributed by atoms with Crippen LogP contribution in [-0.2, 0) is 4.79 Å². The highest BCUT2D eigenvalue weighted by molar-refractivity contribution is 5.95. The minimum Gasteiger partial charge on any atom is -0.493 e. The van der Waals surface area contributed by atoms with Gasteiger partial charge in [0.25, 0.3) is 5.91 Å². The van der Waals surface area contributed by atoms with E-state index in [1.54, 1.807) is 32.4 Å². The summed E-state index contributed by atoms with van der Waals surface area (Å²) in [5.41, 5.74) is 0.580. The molecular formula is C20H29N3O4. The molecule has 148 valence electrons. The van der Waals surface area contributed by atoms with Gasteiger partial charge in [0, 0.05) is 50.7 Å². The Morgan fingerprint density at radius 1 is 0.889 bits per heavy atom. The second-order valence-electron chi connectivity index (χ2n) is 7.26. The van der Waals surface area contributed by atoms with Gasteiger partial charge in [-0.15, -0.1) is 0 Å². The number of ether oxygens (including phenoxy) is 2. The van der Waals surface area contributed by atoms with Gasteiger partial charge >= 0.3 is 0 Å². The number of piperidine rings is 1. The molecule has 2 heterocycles. The summed E-state index contributed by atoms with van der Waals surface area (Å²) in [6.07, 6.45) is 1.45. The van der Waals surface area contributed by atoms with E-state index in [1.165, 1.54) is 0 Å². The van der Waals surface area contributed by atoms with Gasteiger partial charge in [-0.2, -0.15) is 0 Å². The quantitative estimate of drug-likeness (QED) is 0.795.